The predicted octanol–water partition coefficient (Wildman–Crippen LogP) is 3.28. The van der Waals surface area contributed by atoms with E-state index in [-0.39, 0.29) is 15.8 Å². The lowest BCUT2D eigenvalue weighted by Crippen LogP contribution is -2.29. The van der Waals surface area contributed by atoms with Gasteiger partial charge in [0, 0.05) is 11.6 Å². The smallest absolute Gasteiger partial charge is 0.147 e. The molecule has 0 bridgehead atoms. The van der Waals surface area contributed by atoms with Crippen LogP contribution < -0.4 is 10.1 Å². The van der Waals surface area contributed by atoms with Crippen LogP contribution in [0.4, 0.5) is 8.78 Å². The maximum atomic E-state index is 14.1. The van der Waals surface area contributed by atoms with E-state index in [9.17, 15) is 8.78 Å². The molecule has 1 aromatic rings. The average Bonchev–Trinajstić information content (AvgIpc) is 2.40. The summed E-state index contributed by atoms with van der Waals surface area (Å²) in [6.07, 6.45) is 2.37. The summed E-state index contributed by atoms with van der Waals surface area (Å²) < 4.78 is 33.1. The molecule has 0 amide bonds. The SMILES string of the molecule is COc1cc(F)c(CC2CCNCC2)c(F)c1Br. The molecule has 2 nitrogen and oxygen atoms in total. The van der Waals surface area contributed by atoms with Gasteiger partial charge in [0.25, 0.3) is 0 Å². The topological polar surface area (TPSA) is 21.3 Å². The van der Waals surface area contributed by atoms with Crippen LogP contribution in [0.25, 0.3) is 0 Å². The lowest BCUT2D eigenvalue weighted by atomic mass is 9.90. The Labute approximate surface area is 114 Å². The molecule has 100 valence electrons. The molecule has 0 spiro atoms. The third-order valence-corrected chi connectivity index (χ3v) is 4.13. The van der Waals surface area contributed by atoms with E-state index in [0.717, 1.165) is 25.9 Å². The molecule has 0 aromatic heterocycles. The second-order valence-electron chi connectivity index (χ2n) is 4.56. The van der Waals surface area contributed by atoms with E-state index >= 15 is 0 Å². The van der Waals surface area contributed by atoms with Crippen LogP contribution in [0.1, 0.15) is 18.4 Å². The Balaban J connectivity index is 2.24. The summed E-state index contributed by atoms with van der Waals surface area (Å²) in [4.78, 5) is 0. The molecule has 1 aromatic carbocycles. The molecule has 1 aliphatic heterocycles. The lowest BCUT2D eigenvalue weighted by Gasteiger charge is -2.23. The van der Waals surface area contributed by atoms with Crippen LogP contribution in [0.15, 0.2) is 10.5 Å². The summed E-state index contributed by atoms with van der Waals surface area (Å²) in [5.74, 6) is -0.522. The molecule has 0 radical (unpaired) electrons. The fraction of sp³-hybridized carbons (Fsp3) is 0.538. The van der Waals surface area contributed by atoms with Crippen LogP contribution in [0.3, 0.4) is 0 Å². The Morgan fingerprint density at radius 2 is 2.06 bits per heavy atom. The molecule has 1 N–H and O–H groups in total. The van der Waals surface area contributed by atoms with Crippen molar-refractivity contribution in [1.82, 2.24) is 5.32 Å². The molecule has 18 heavy (non-hydrogen) atoms. The van der Waals surface area contributed by atoms with Crippen LogP contribution >= 0.6 is 15.9 Å². The van der Waals surface area contributed by atoms with Gasteiger partial charge in [0.2, 0.25) is 0 Å². The molecule has 0 atom stereocenters. The monoisotopic (exact) mass is 319 g/mol. The first kappa shape index (κ1) is 13.7. The largest absolute Gasteiger partial charge is 0.495 e. The second kappa shape index (κ2) is 5.97. The first-order valence-electron chi connectivity index (χ1n) is 6.04. The normalized spacial score (nSPS) is 16.9. The number of hydrogen-bond donors (Lipinski definition) is 1. The minimum absolute atomic E-state index is 0.162. The second-order valence-corrected chi connectivity index (χ2v) is 5.36. The fourth-order valence-electron chi connectivity index (χ4n) is 2.32. The number of benzene rings is 1. The molecule has 2 rings (SSSR count). The van der Waals surface area contributed by atoms with Crippen LogP contribution in [0.2, 0.25) is 0 Å². The molecule has 0 aliphatic carbocycles. The van der Waals surface area contributed by atoms with Gasteiger partial charge in [-0.1, -0.05) is 0 Å². The first-order valence-corrected chi connectivity index (χ1v) is 6.84. The summed E-state index contributed by atoms with van der Waals surface area (Å²) in [5.41, 5.74) is 0.162. The third-order valence-electron chi connectivity index (χ3n) is 3.39. The van der Waals surface area contributed by atoms with Crippen LogP contribution in [-0.4, -0.2) is 20.2 Å². The van der Waals surface area contributed by atoms with Crippen LogP contribution in [0.5, 0.6) is 5.75 Å². The zero-order valence-electron chi connectivity index (χ0n) is 10.2. The van der Waals surface area contributed by atoms with E-state index in [1.54, 1.807) is 0 Å². The zero-order valence-corrected chi connectivity index (χ0v) is 11.8. The van der Waals surface area contributed by atoms with E-state index in [1.807, 2.05) is 0 Å². The van der Waals surface area contributed by atoms with Gasteiger partial charge in [-0.15, -0.1) is 0 Å². The molecule has 1 fully saturated rings. The van der Waals surface area contributed by atoms with Crippen molar-refractivity contribution in [3.63, 3.8) is 0 Å². The summed E-state index contributed by atoms with van der Waals surface area (Å²) >= 11 is 3.11. The van der Waals surface area contributed by atoms with Gasteiger partial charge in [0.05, 0.1) is 11.6 Å². The highest BCUT2D eigenvalue weighted by atomic mass is 79.9. The molecule has 1 saturated heterocycles. The number of piperidine rings is 1. The Bertz CT molecular complexity index is 433. The van der Waals surface area contributed by atoms with E-state index in [0.29, 0.717) is 12.3 Å². The molecular weight excluding hydrogens is 304 g/mol. The highest BCUT2D eigenvalue weighted by molar-refractivity contribution is 9.10. The quantitative estimate of drug-likeness (QED) is 0.863. The van der Waals surface area contributed by atoms with Crippen molar-refractivity contribution in [3.8, 4) is 5.75 Å². The molecular formula is C13H16BrF2NO. The van der Waals surface area contributed by atoms with Gasteiger partial charge in [0.15, 0.2) is 0 Å². The van der Waals surface area contributed by atoms with Gasteiger partial charge in [-0.3, -0.25) is 0 Å². The Kier molecular flexibility index (Phi) is 4.56. The van der Waals surface area contributed by atoms with Gasteiger partial charge in [-0.05, 0) is 54.2 Å². The van der Waals surface area contributed by atoms with Crippen molar-refractivity contribution >= 4 is 15.9 Å². The van der Waals surface area contributed by atoms with Crippen molar-refractivity contribution in [2.24, 2.45) is 5.92 Å². The standard InChI is InChI=1S/C13H16BrF2NO/c1-18-11-7-10(15)9(13(16)12(11)14)6-8-2-4-17-5-3-8/h7-8,17H,2-6H2,1H3. The molecule has 5 heteroatoms. The van der Waals surface area contributed by atoms with Crippen molar-refractivity contribution in [1.29, 1.82) is 0 Å². The Morgan fingerprint density at radius 3 is 2.67 bits per heavy atom. The van der Waals surface area contributed by atoms with Crippen molar-refractivity contribution < 1.29 is 13.5 Å². The van der Waals surface area contributed by atoms with E-state index < -0.39 is 11.6 Å². The summed E-state index contributed by atoms with van der Waals surface area (Å²) in [6.45, 7) is 1.84. The fourth-order valence-corrected chi connectivity index (χ4v) is 2.84. The van der Waals surface area contributed by atoms with Gasteiger partial charge in [0.1, 0.15) is 17.4 Å². The Morgan fingerprint density at radius 1 is 1.39 bits per heavy atom. The summed E-state index contributed by atoms with van der Waals surface area (Å²) in [5, 5.41) is 3.24. The molecule has 1 aliphatic rings. The minimum Gasteiger partial charge on any atom is -0.495 e. The molecule has 0 unspecified atom stereocenters. The number of ether oxygens (including phenoxy) is 1. The van der Waals surface area contributed by atoms with Gasteiger partial charge >= 0.3 is 0 Å². The average molecular weight is 320 g/mol. The van der Waals surface area contributed by atoms with Crippen molar-refractivity contribution in [3.05, 3.63) is 27.7 Å². The summed E-state index contributed by atoms with van der Waals surface area (Å²) in [6, 6.07) is 1.24. The minimum atomic E-state index is -0.537. The number of methoxy groups -OCH3 is 1. The van der Waals surface area contributed by atoms with Crippen molar-refractivity contribution in [2.75, 3.05) is 20.2 Å². The third kappa shape index (κ3) is 2.83. The maximum Gasteiger partial charge on any atom is 0.147 e. The number of rotatable bonds is 3. The lowest BCUT2D eigenvalue weighted by molar-refractivity contribution is 0.359. The highest BCUT2D eigenvalue weighted by Crippen LogP contribution is 2.33. The Hall–Kier alpha value is -0.680. The summed E-state index contributed by atoms with van der Waals surface area (Å²) in [7, 11) is 1.39. The number of halogens is 3. The first-order chi connectivity index (χ1) is 8.63. The van der Waals surface area contributed by atoms with E-state index in [2.05, 4.69) is 21.2 Å². The predicted molar refractivity (Wildman–Crippen MR) is 69.9 cm³/mol. The number of nitrogens with one attached hydrogen (secondary N) is 1. The maximum absolute atomic E-state index is 14.1. The van der Waals surface area contributed by atoms with Crippen LogP contribution in [-0.2, 0) is 6.42 Å². The number of hydrogen-bond acceptors (Lipinski definition) is 2. The van der Waals surface area contributed by atoms with Crippen LogP contribution in [0, 0.1) is 17.6 Å². The van der Waals surface area contributed by atoms with E-state index in [4.69, 9.17) is 4.74 Å². The van der Waals surface area contributed by atoms with E-state index in [1.165, 1.54) is 13.2 Å². The van der Waals surface area contributed by atoms with Crippen molar-refractivity contribution in [2.45, 2.75) is 19.3 Å². The van der Waals surface area contributed by atoms with Gasteiger partial charge in [-0.25, -0.2) is 8.78 Å². The highest BCUT2D eigenvalue weighted by Gasteiger charge is 2.22. The van der Waals surface area contributed by atoms with Gasteiger partial charge in [-0.2, -0.15) is 0 Å². The molecule has 1 heterocycles. The zero-order chi connectivity index (χ0) is 13.1. The van der Waals surface area contributed by atoms with Gasteiger partial charge < -0.3 is 10.1 Å². The molecule has 0 saturated carbocycles.